The molecule has 0 spiro atoms. The summed E-state index contributed by atoms with van der Waals surface area (Å²) in [6, 6.07) is 0.345. The molecular weight excluding hydrogens is 342 g/mol. The van der Waals surface area contributed by atoms with Gasteiger partial charge in [-0.2, -0.15) is 5.10 Å². The number of anilines is 1. The number of hydrogen-bond donors (Lipinski definition) is 1. The van der Waals surface area contributed by atoms with Crippen LogP contribution in [0.25, 0.3) is 0 Å². The van der Waals surface area contributed by atoms with E-state index in [4.69, 9.17) is 0 Å². The van der Waals surface area contributed by atoms with Crippen molar-refractivity contribution < 1.29 is 9.59 Å². The fraction of sp³-hybridized carbons (Fsp3) is 0.750. The van der Waals surface area contributed by atoms with Crippen LogP contribution in [-0.4, -0.2) is 57.7 Å². The maximum absolute atomic E-state index is 12.5. The Bertz CT molecular complexity index is 670. The number of carbonyl (C=O) groups is 2. The third-order valence-corrected chi connectivity index (χ3v) is 6.40. The molecule has 1 saturated carbocycles. The second-order valence-corrected chi connectivity index (χ2v) is 8.44. The van der Waals surface area contributed by atoms with E-state index in [9.17, 15) is 9.59 Å². The molecule has 1 atom stereocenters. The van der Waals surface area contributed by atoms with E-state index in [-0.39, 0.29) is 6.03 Å². The average molecular weight is 374 g/mol. The lowest BCUT2D eigenvalue weighted by molar-refractivity contribution is -0.131. The van der Waals surface area contributed by atoms with Crippen molar-refractivity contribution in [3.8, 4) is 0 Å². The molecule has 1 aromatic rings. The van der Waals surface area contributed by atoms with Crippen LogP contribution < -0.4 is 5.32 Å². The summed E-state index contributed by atoms with van der Waals surface area (Å²) in [7, 11) is 0. The van der Waals surface area contributed by atoms with E-state index < -0.39 is 0 Å². The molecule has 7 heteroatoms. The largest absolute Gasteiger partial charge is 0.343 e. The smallest absolute Gasteiger partial charge is 0.321 e. The van der Waals surface area contributed by atoms with Crippen molar-refractivity contribution in [2.45, 2.75) is 57.9 Å². The normalized spacial score (nSPS) is 22.1. The molecule has 2 saturated heterocycles. The minimum Gasteiger partial charge on any atom is -0.343 e. The molecule has 1 unspecified atom stereocenters. The van der Waals surface area contributed by atoms with Gasteiger partial charge in [0.15, 0.2) is 0 Å². The summed E-state index contributed by atoms with van der Waals surface area (Å²) in [6.07, 6.45) is 11.0. The van der Waals surface area contributed by atoms with E-state index in [1.54, 1.807) is 6.20 Å². The van der Waals surface area contributed by atoms with Gasteiger partial charge >= 0.3 is 6.03 Å². The summed E-state index contributed by atoms with van der Waals surface area (Å²) in [4.78, 5) is 28.7. The van der Waals surface area contributed by atoms with Crippen LogP contribution in [0.1, 0.15) is 57.9 Å². The zero-order chi connectivity index (χ0) is 18.8. The molecule has 1 aromatic heterocycles. The molecule has 3 aliphatic rings. The summed E-state index contributed by atoms with van der Waals surface area (Å²) in [5.41, 5.74) is 0.763. The Morgan fingerprint density at radius 3 is 2.48 bits per heavy atom. The van der Waals surface area contributed by atoms with Crippen LogP contribution in [0.2, 0.25) is 0 Å². The SMILES string of the molecule is CC(C1CC1)n1cc(NC(=O)N2CCC(CC(=O)N3CCCC3)CC2)cn1. The van der Waals surface area contributed by atoms with Crippen LogP contribution in [0.15, 0.2) is 12.4 Å². The van der Waals surface area contributed by atoms with Gasteiger partial charge in [0.2, 0.25) is 5.91 Å². The third-order valence-electron chi connectivity index (χ3n) is 6.40. The molecule has 4 rings (SSSR count). The number of urea groups is 1. The number of rotatable bonds is 5. The lowest BCUT2D eigenvalue weighted by atomic mass is 9.93. The number of likely N-dealkylation sites (tertiary alicyclic amines) is 2. The Kier molecular flexibility index (Phi) is 5.36. The first-order chi connectivity index (χ1) is 13.1. The fourth-order valence-corrected chi connectivity index (χ4v) is 4.31. The van der Waals surface area contributed by atoms with Gasteiger partial charge in [-0.3, -0.25) is 9.48 Å². The van der Waals surface area contributed by atoms with Gasteiger partial charge < -0.3 is 15.1 Å². The number of nitrogens with one attached hydrogen (secondary N) is 1. The molecule has 2 aliphatic heterocycles. The maximum Gasteiger partial charge on any atom is 0.321 e. The van der Waals surface area contributed by atoms with Crippen molar-refractivity contribution in [1.82, 2.24) is 19.6 Å². The van der Waals surface area contributed by atoms with Gasteiger partial charge in [0.25, 0.3) is 0 Å². The summed E-state index contributed by atoms with van der Waals surface area (Å²) in [5.74, 6) is 1.44. The molecule has 148 valence electrons. The molecule has 7 nitrogen and oxygen atoms in total. The monoisotopic (exact) mass is 373 g/mol. The van der Waals surface area contributed by atoms with Crippen molar-refractivity contribution >= 4 is 17.6 Å². The van der Waals surface area contributed by atoms with Crippen LogP contribution in [-0.2, 0) is 4.79 Å². The summed E-state index contributed by atoms with van der Waals surface area (Å²) in [5, 5.41) is 7.37. The molecule has 27 heavy (non-hydrogen) atoms. The second-order valence-electron chi connectivity index (χ2n) is 8.44. The predicted octanol–water partition coefficient (Wildman–Crippen LogP) is 3.11. The van der Waals surface area contributed by atoms with Gasteiger partial charge in [0.1, 0.15) is 0 Å². The highest BCUT2D eigenvalue weighted by molar-refractivity contribution is 5.89. The molecular formula is C20H31N5O2. The van der Waals surface area contributed by atoms with Crippen LogP contribution in [0.3, 0.4) is 0 Å². The standard InChI is InChI=1S/C20H31N5O2/c1-15(17-4-5-17)25-14-18(13-21-25)22-20(27)24-10-6-16(7-11-24)12-19(26)23-8-2-3-9-23/h13-17H,2-12H2,1H3,(H,22,27). The number of carbonyl (C=O) groups excluding carboxylic acids is 2. The number of amides is 3. The molecule has 1 aliphatic carbocycles. The maximum atomic E-state index is 12.5. The van der Waals surface area contributed by atoms with Crippen molar-refractivity contribution in [3.63, 3.8) is 0 Å². The topological polar surface area (TPSA) is 70.5 Å². The van der Waals surface area contributed by atoms with Crippen LogP contribution in [0.5, 0.6) is 0 Å². The lowest BCUT2D eigenvalue weighted by Gasteiger charge is -2.32. The first-order valence-electron chi connectivity index (χ1n) is 10.5. The van der Waals surface area contributed by atoms with E-state index in [0.29, 0.717) is 24.3 Å². The van der Waals surface area contributed by atoms with E-state index >= 15 is 0 Å². The Morgan fingerprint density at radius 2 is 1.81 bits per heavy atom. The number of nitrogens with zero attached hydrogens (tertiary/aromatic N) is 4. The predicted molar refractivity (Wildman–Crippen MR) is 103 cm³/mol. The van der Waals surface area contributed by atoms with Gasteiger partial charge in [-0.15, -0.1) is 0 Å². The third kappa shape index (κ3) is 4.45. The van der Waals surface area contributed by atoms with Crippen molar-refractivity contribution in [1.29, 1.82) is 0 Å². The molecule has 0 radical (unpaired) electrons. The number of hydrogen-bond acceptors (Lipinski definition) is 3. The first-order valence-corrected chi connectivity index (χ1v) is 10.5. The Hall–Kier alpha value is -2.05. The molecule has 3 heterocycles. The highest BCUT2D eigenvalue weighted by Crippen LogP contribution is 2.39. The van der Waals surface area contributed by atoms with Crippen LogP contribution in [0.4, 0.5) is 10.5 Å². The molecule has 3 amide bonds. The minimum atomic E-state index is -0.0575. The zero-order valence-corrected chi connectivity index (χ0v) is 16.3. The van der Waals surface area contributed by atoms with E-state index in [0.717, 1.165) is 63.5 Å². The molecule has 0 bridgehead atoms. The quantitative estimate of drug-likeness (QED) is 0.862. The minimum absolute atomic E-state index is 0.0575. The van der Waals surface area contributed by atoms with Gasteiger partial charge in [-0.1, -0.05) is 0 Å². The van der Waals surface area contributed by atoms with E-state index in [1.165, 1.54) is 12.8 Å². The van der Waals surface area contributed by atoms with E-state index in [1.807, 2.05) is 20.7 Å². The molecule has 3 fully saturated rings. The number of aromatic nitrogens is 2. The lowest BCUT2D eigenvalue weighted by Crippen LogP contribution is -2.42. The second kappa shape index (κ2) is 7.90. The Balaban J connectivity index is 1.22. The van der Waals surface area contributed by atoms with Crippen molar-refractivity contribution in [3.05, 3.63) is 12.4 Å². The van der Waals surface area contributed by atoms with Gasteiger partial charge in [-0.05, 0) is 57.3 Å². The summed E-state index contributed by atoms with van der Waals surface area (Å²) >= 11 is 0. The average Bonchev–Trinajstić information content (AvgIpc) is 3.17. The summed E-state index contributed by atoms with van der Waals surface area (Å²) < 4.78 is 1.96. The molecule has 1 N–H and O–H groups in total. The van der Waals surface area contributed by atoms with Crippen molar-refractivity contribution in [2.75, 3.05) is 31.5 Å². The highest BCUT2D eigenvalue weighted by atomic mass is 16.2. The van der Waals surface area contributed by atoms with Gasteiger partial charge in [0.05, 0.1) is 17.9 Å². The van der Waals surface area contributed by atoms with Gasteiger partial charge in [0, 0.05) is 38.8 Å². The number of piperidine rings is 1. The van der Waals surface area contributed by atoms with Crippen molar-refractivity contribution in [2.24, 2.45) is 11.8 Å². The zero-order valence-electron chi connectivity index (χ0n) is 16.3. The van der Waals surface area contributed by atoms with Gasteiger partial charge in [-0.25, -0.2) is 4.79 Å². The van der Waals surface area contributed by atoms with E-state index in [2.05, 4.69) is 17.3 Å². The fourth-order valence-electron chi connectivity index (χ4n) is 4.31. The summed E-state index contributed by atoms with van der Waals surface area (Å²) in [6.45, 7) is 5.47. The Morgan fingerprint density at radius 1 is 1.11 bits per heavy atom. The van der Waals surface area contributed by atoms with Crippen LogP contribution >= 0.6 is 0 Å². The van der Waals surface area contributed by atoms with Crippen LogP contribution in [0, 0.1) is 11.8 Å². The first kappa shape index (κ1) is 18.3. The Labute approximate surface area is 161 Å². The highest BCUT2D eigenvalue weighted by Gasteiger charge is 2.30. The molecule has 0 aromatic carbocycles.